The van der Waals surface area contributed by atoms with Crippen LogP contribution in [-0.4, -0.2) is 20.9 Å². The van der Waals surface area contributed by atoms with Crippen LogP contribution < -0.4 is 4.90 Å². The lowest BCUT2D eigenvalue weighted by Crippen LogP contribution is -2.29. The molecule has 0 spiro atoms. The molecular weight excluding hydrogens is 324 g/mol. The largest absolute Gasteiger partial charge is 0.308 e. The Labute approximate surface area is 154 Å². The minimum Gasteiger partial charge on any atom is -0.308 e. The second-order valence-electron chi connectivity index (χ2n) is 5.88. The summed E-state index contributed by atoms with van der Waals surface area (Å²) in [6.45, 7) is 8.90. The number of benzene rings is 2. The molecule has 0 saturated heterocycles. The van der Waals surface area contributed by atoms with E-state index in [2.05, 4.69) is 16.4 Å². The van der Waals surface area contributed by atoms with Crippen LogP contribution >= 0.6 is 0 Å². The van der Waals surface area contributed by atoms with E-state index in [4.69, 9.17) is 0 Å². The number of carbonyl (C=O) groups is 1. The van der Waals surface area contributed by atoms with Gasteiger partial charge in [0.05, 0.1) is 17.9 Å². The Morgan fingerprint density at radius 1 is 1.04 bits per heavy atom. The quantitative estimate of drug-likeness (QED) is 0.649. The maximum Gasteiger partial charge on any atom is 0.224 e. The number of rotatable bonds is 1. The van der Waals surface area contributed by atoms with E-state index in [1.807, 2.05) is 72.8 Å². The highest BCUT2D eigenvalue weighted by molar-refractivity contribution is 5.99. The average Bonchev–Trinajstić information content (AvgIpc) is 3.10. The third kappa shape index (κ3) is 2.90. The molecule has 0 aliphatic carbocycles. The molecule has 0 radical (unpaired) electrons. The van der Waals surface area contributed by atoms with Crippen molar-refractivity contribution >= 4 is 11.6 Å². The summed E-state index contributed by atoms with van der Waals surface area (Å²) in [7, 11) is 0. The van der Waals surface area contributed by atoms with Crippen LogP contribution in [0.25, 0.3) is 22.5 Å². The second-order valence-corrected chi connectivity index (χ2v) is 5.88. The third-order valence-electron chi connectivity index (χ3n) is 4.47. The zero-order valence-electron chi connectivity index (χ0n) is 15.7. The molecular formula is C21H24N4O. The van der Waals surface area contributed by atoms with Gasteiger partial charge in [-0.3, -0.25) is 4.79 Å². The van der Waals surface area contributed by atoms with Gasteiger partial charge >= 0.3 is 0 Å². The minimum atomic E-state index is 0.0243. The summed E-state index contributed by atoms with van der Waals surface area (Å²) < 4.78 is 1.90. The lowest BCUT2D eigenvalue weighted by molar-refractivity contribution is -0.116. The van der Waals surface area contributed by atoms with Gasteiger partial charge in [-0.2, -0.15) is 0 Å². The van der Waals surface area contributed by atoms with Crippen LogP contribution in [0.1, 0.15) is 33.3 Å². The number of aromatic nitrogens is 3. The molecule has 0 unspecified atom stereocenters. The Hall–Kier alpha value is -2.95. The zero-order chi connectivity index (χ0) is 18.7. The maximum atomic E-state index is 12.3. The Morgan fingerprint density at radius 2 is 1.69 bits per heavy atom. The predicted molar refractivity (Wildman–Crippen MR) is 105 cm³/mol. The first-order chi connectivity index (χ1) is 12.7. The zero-order valence-corrected chi connectivity index (χ0v) is 15.7. The average molecular weight is 348 g/mol. The van der Waals surface area contributed by atoms with Gasteiger partial charge in [0.25, 0.3) is 0 Å². The third-order valence-corrected chi connectivity index (χ3v) is 4.47. The van der Waals surface area contributed by atoms with Crippen LogP contribution in [0.5, 0.6) is 0 Å². The van der Waals surface area contributed by atoms with E-state index >= 15 is 0 Å². The van der Waals surface area contributed by atoms with E-state index in [9.17, 15) is 4.79 Å². The standard InChI is InChI=1S/C19H18N4O.C2H6/c1-3-23-19-16-10-6-7-11-17(16)22(13(2)24)12-14-8-4-5-9-15(14)18(19)20-21-23;1-2/h4-11H,3,12H2,1-2H3;1-2H3. The number of aryl methyl sites for hydroxylation is 1. The lowest BCUT2D eigenvalue weighted by Gasteiger charge is -2.27. The minimum absolute atomic E-state index is 0.0243. The van der Waals surface area contributed by atoms with Gasteiger partial charge < -0.3 is 4.90 Å². The monoisotopic (exact) mass is 348 g/mol. The van der Waals surface area contributed by atoms with Gasteiger partial charge in [0.15, 0.2) is 0 Å². The van der Waals surface area contributed by atoms with Gasteiger partial charge in [-0.25, -0.2) is 4.68 Å². The molecule has 4 rings (SSSR count). The van der Waals surface area contributed by atoms with Crippen LogP contribution in [0.2, 0.25) is 0 Å². The van der Waals surface area contributed by atoms with Crippen molar-refractivity contribution in [1.82, 2.24) is 15.0 Å². The van der Waals surface area contributed by atoms with Gasteiger partial charge in [0, 0.05) is 24.6 Å². The summed E-state index contributed by atoms with van der Waals surface area (Å²) in [5.74, 6) is 0.0243. The molecule has 1 aliphatic rings. The van der Waals surface area contributed by atoms with E-state index in [0.29, 0.717) is 6.54 Å². The molecule has 0 bridgehead atoms. The van der Waals surface area contributed by atoms with Crippen molar-refractivity contribution in [2.75, 3.05) is 4.90 Å². The van der Waals surface area contributed by atoms with E-state index in [-0.39, 0.29) is 5.91 Å². The summed E-state index contributed by atoms with van der Waals surface area (Å²) in [6, 6.07) is 16.1. The highest BCUT2D eigenvalue weighted by atomic mass is 16.2. The van der Waals surface area contributed by atoms with Crippen LogP contribution in [-0.2, 0) is 17.9 Å². The molecule has 3 aromatic rings. The Kier molecular flexibility index (Phi) is 5.16. The molecule has 0 fully saturated rings. The van der Waals surface area contributed by atoms with Crippen molar-refractivity contribution in [1.29, 1.82) is 0 Å². The molecule has 134 valence electrons. The predicted octanol–water partition coefficient (Wildman–Crippen LogP) is 4.52. The van der Waals surface area contributed by atoms with Crippen molar-refractivity contribution in [3.05, 3.63) is 54.1 Å². The van der Waals surface area contributed by atoms with Crippen LogP contribution in [0.3, 0.4) is 0 Å². The fourth-order valence-electron chi connectivity index (χ4n) is 3.32. The summed E-state index contributed by atoms with van der Waals surface area (Å²) in [5.41, 5.74) is 5.84. The molecule has 0 atom stereocenters. The van der Waals surface area contributed by atoms with E-state index in [1.165, 1.54) is 0 Å². The number of nitrogens with zero attached hydrogens (tertiary/aromatic N) is 4. The number of amides is 1. The maximum absolute atomic E-state index is 12.3. The molecule has 1 aliphatic heterocycles. The van der Waals surface area contributed by atoms with Gasteiger partial charge in [-0.1, -0.05) is 61.5 Å². The molecule has 5 nitrogen and oxygen atoms in total. The summed E-state index contributed by atoms with van der Waals surface area (Å²) in [4.78, 5) is 14.2. The molecule has 1 aromatic heterocycles. The number of hydrogen-bond donors (Lipinski definition) is 0. The molecule has 0 saturated carbocycles. The Balaban J connectivity index is 0.000000948. The highest BCUT2D eigenvalue weighted by Gasteiger charge is 2.27. The topological polar surface area (TPSA) is 51.0 Å². The Morgan fingerprint density at radius 3 is 2.38 bits per heavy atom. The van der Waals surface area contributed by atoms with E-state index < -0.39 is 0 Å². The van der Waals surface area contributed by atoms with E-state index in [0.717, 1.165) is 40.3 Å². The first-order valence-electron chi connectivity index (χ1n) is 9.10. The number of fused-ring (bicyclic) bond motifs is 5. The first-order valence-corrected chi connectivity index (χ1v) is 9.10. The number of para-hydroxylation sites is 1. The smallest absolute Gasteiger partial charge is 0.224 e. The fourth-order valence-corrected chi connectivity index (χ4v) is 3.32. The van der Waals surface area contributed by atoms with Crippen molar-refractivity contribution in [3.8, 4) is 22.5 Å². The molecule has 2 heterocycles. The van der Waals surface area contributed by atoms with Crippen molar-refractivity contribution in [3.63, 3.8) is 0 Å². The number of hydrogen-bond acceptors (Lipinski definition) is 3. The van der Waals surface area contributed by atoms with Gasteiger partial charge in [0.1, 0.15) is 5.69 Å². The van der Waals surface area contributed by atoms with Crippen LogP contribution in [0.4, 0.5) is 5.69 Å². The van der Waals surface area contributed by atoms with E-state index in [1.54, 1.807) is 6.92 Å². The van der Waals surface area contributed by atoms with Crippen molar-refractivity contribution in [2.24, 2.45) is 0 Å². The number of anilines is 1. The molecule has 5 heteroatoms. The van der Waals surface area contributed by atoms with Gasteiger partial charge in [-0.15, -0.1) is 5.10 Å². The van der Waals surface area contributed by atoms with Crippen LogP contribution in [0, 0.1) is 0 Å². The molecule has 2 aromatic carbocycles. The van der Waals surface area contributed by atoms with Crippen molar-refractivity contribution < 1.29 is 4.79 Å². The normalized spacial score (nSPS) is 11.9. The Bertz CT molecular complexity index is 929. The lowest BCUT2D eigenvalue weighted by atomic mass is 9.95. The van der Waals surface area contributed by atoms with Crippen LogP contribution in [0.15, 0.2) is 48.5 Å². The first kappa shape index (κ1) is 17.9. The van der Waals surface area contributed by atoms with Gasteiger partial charge in [-0.05, 0) is 18.6 Å². The molecule has 26 heavy (non-hydrogen) atoms. The number of carbonyl (C=O) groups excluding carboxylic acids is 1. The summed E-state index contributed by atoms with van der Waals surface area (Å²) in [5, 5.41) is 8.78. The fraction of sp³-hybridized carbons (Fsp3) is 0.286. The molecule has 0 N–H and O–H groups in total. The molecule has 1 amide bonds. The van der Waals surface area contributed by atoms with Crippen molar-refractivity contribution in [2.45, 2.75) is 40.8 Å². The van der Waals surface area contributed by atoms with Gasteiger partial charge in [0.2, 0.25) is 5.91 Å². The second kappa shape index (κ2) is 7.52. The summed E-state index contributed by atoms with van der Waals surface area (Å²) in [6.07, 6.45) is 0. The summed E-state index contributed by atoms with van der Waals surface area (Å²) >= 11 is 0. The highest BCUT2D eigenvalue weighted by Crippen LogP contribution is 2.40. The SMILES string of the molecule is CC.CCn1nnc2c1-c1ccccc1N(C(C)=O)Cc1ccccc1-2.